The van der Waals surface area contributed by atoms with Gasteiger partial charge >= 0.3 is 0 Å². The van der Waals surface area contributed by atoms with Crippen LogP contribution in [0.4, 0.5) is 0 Å². The van der Waals surface area contributed by atoms with Crippen LogP contribution >= 0.6 is 11.8 Å². The summed E-state index contributed by atoms with van der Waals surface area (Å²) in [6, 6.07) is 6.11. The van der Waals surface area contributed by atoms with Crippen LogP contribution in [0.15, 0.2) is 23.4 Å². The summed E-state index contributed by atoms with van der Waals surface area (Å²) >= 11 is 0.994. The van der Waals surface area contributed by atoms with Gasteiger partial charge in [0.2, 0.25) is 5.16 Å². The SMILES string of the molecule is CCc1ccc2[nH]c3nc(SCC(=O)[O-])nnc3c2c1. The van der Waals surface area contributed by atoms with Crippen molar-refractivity contribution < 1.29 is 9.90 Å². The number of benzene rings is 1. The van der Waals surface area contributed by atoms with Gasteiger partial charge in [0.15, 0.2) is 5.65 Å². The fraction of sp³-hybridized carbons (Fsp3) is 0.231. The van der Waals surface area contributed by atoms with Gasteiger partial charge < -0.3 is 14.9 Å². The number of aromatic amines is 1. The first-order chi connectivity index (χ1) is 9.67. The minimum absolute atomic E-state index is 0.187. The highest BCUT2D eigenvalue weighted by molar-refractivity contribution is 7.99. The van der Waals surface area contributed by atoms with Crippen LogP contribution in [0.1, 0.15) is 12.5 Å². The van der Waals surface area contributed by atoms with Crippen LogP contribution in [0.2, 0.25) is 0 Å². The Morgan fingerprint density at radius 2 is 2.25 bits per heavy atom. The molecule has 0 aliphatic carbocycles. The Bertz CT molecular complexity index is 800. The summed E-state index contributed by atoms with van der Waals surface area (Å²) < 4.78 is 0. The molecular formula is C13H11N4O2S-. The second-order valence-electron chi connectivity index (χ2n) is 4.31. The summed E-state index contributed by atoms with van der Waals surface area (Å²) in [7, 11) is 0. The number of nitrogens with one attached hydrogen (secondary N) is 1. The highest BCUT2D eigenvalue weighted by atomic mass is 32.2. The molecule has 20 heavy (non-hydrogen) atoms. The predicted octanol–water partition coefficient (Wildman–Crippen LogP) is 0.910. The third kappa shape index (κ3) is 2.32. The number of carbonyl (C=O) groups excluding carboxylic acids is 1. The summed E-state index contributed by atoms with van der Waals surface area (Å²) in [6.07, 6.45) is 0.947. The number of aryl methyl sites for hydroxylation is 1. The van der Waals surface area contributed by atoms with Gasteiger partial charge in [-0.3, -0.25) is 0 Å². The fourth-order valence-corrected chi connectivity index (χ4v) is 2.51. The fourth-order valence-electron chi connectivity index (χ4n) is 2.01. The van der Waals surface area contributed by atoms with Crippen molar-refractivity contribution in [3.8, 4) is 0 Å². The van der Waals surface area contributed by atoms with Crippen molar-refractivity contribution in [2.45, 2.75) is 18.5 Å². The smallest absolute Gasteiger partial charge is 0.211 e. The third-order valence-corrected chi connectivity index (χ3v) is 3.80. The molecule has 102 valence electrons. The Labute approximate surface area is 118 Å². The lowest BCUT2D eigenvalue weighted by Gasteiger charge is -1.99. The molecule has 0 bridgehead atoms. The molecule has 0 atom stereocenters. The number of thioether (sulfide) groups is 1. The molecule has 0 unspecified atom stereocenters. The first-order valence-electron chi connectivity index (χ1n) is 6.15. The molecule has 0 fully saturated rings. The number of H-pyrrole nitrogens is 1. The van der Waals surface area contributed by atoms with E-state index < -0.39 is 5.97 Å². The number of hydrogen-bond donors (Lipinski definition) is 1. The standard InChI is InChI=1S/C13H12N4O2S/c1-2-7-3-4-9-8(5-7)11-12(14-9)15-13(17-16-11)20-6-10(18)19/h3-5H,2,6H2,1H3,(H,18,19)(H,14,15,17)/p-1. The van der Waals surface area contributed by atoms with Crippen LogP contribution in [-0.2, 0) is 11.2 Å². The number of carbonyl (C=O) groups is 1. The lowest BCUT2D eigenvalue weighted by atomic mass is 10.1. The van der Waals surface area contributed by atoms with Gasteiger partial charge in [0.1, 0.15) is 5.52 Å². The van der Waals surface area contributed by atoms with Gasteiger partial charge in [-0.05, 0) is 24.1 Å². The van der Waals surface area contributed by atoms with Crippen molar-refractivity contribution in [1.82, 2.24) is 20.2 Å². The minimum Gasteiger partial charge on any atom is -0.549 e. The molecule has 1 N–H and O–H groups in total. The van der Waals surface area contributed by atoms with Crippen LogP contribution in [0, 0.1) is 0 Å². The van der Waals surface area contributed by atoms with E-state index in [2.05, 4.69) is 39.2 Å². The first-order valence-corrected chi connectivity index (χ1v) is 7.13. The van der Waals surface area contributed by atoms with Crippen molar-refractivity contribution in [1.29, 1.82) is 0 Å². The monoisotopic (exact) mass is 287 g/mol. The van der Waals surface area contributed by atoms with Crippen LogP contribution in [-0.4, -0.2) is 31.9 Å². The molecule has 0 aliphatic rings. The van der Waals surface area contributed by atoms with Crippen molar-refractivity contribution in [2.24, 2.45) is 0 Å². The number of carboxylic acids is 1. The predicted molar refractivity (Wildman–Crippen MR) is 74.3 cm³/mol. The number of aromatic nitrogens is 4. The molecule has 2 heterocycles. The molecule has 0 radical (unpaired) electrons. The number of fused-ring (bicyclic) bond motifs is 3. The lowest BCUT2D eigenvalue weighted by molar-refractivity contribution is -0.301. The number of nitrogens with zero attached hydrogens (tertiary/aromatic N) is 3. The second-order valence-corrected chi connectivity index (χ2v) is 5.25. The molecule has 0 aliphatic heterocycles. The van der Waals surface area contributed by atoms with Gasteiger partial charge in [-0.15, -0.1) is 10.2 Å². The Hall–Kier alpha value is -2.15. The number of carboxylic acid groups (broad SMARTS) is 1. The minimum atomic E-state index is -1.15. The molecule has 2 aromatic heterocycles. The van der Waals surface area contributed by atoms with Crippen molar-refractivity contribution >= 4 is 39.8 Å². The molecule has 3 aromatic rings. The summed E-state index contributed by atoms with van der Waals surface area (Å²) in [5.41, 5.74) is 3.48. The van der Waals surface area contributed by atoms with Crippen LogP contribution in [0.5, 0.6) is 0 Å². The van der Waals surface area contributed by atoms with Crippen molar-refractivity contribution in [3.63, 3.8) is 0 Å². The van der Waals surface area contributed by atoms with Gasteiger partial charge in [0.25, 0.3) is 0 Å². The van der Waals surface area contributed by atoms with E-state index in [0.29, 0.717) is 16.3 Å². The maximum absolute atomic E-state index is 10.4. The molecule has 7 heteroatoms. The Morgan fingerprint density at radius 1 is 1.40 bits per heavy atom. The van der Waals surface area contributed by atoms with E-state index in [9.17, 15) is 9.90 Å². The highest BCUT2D eigenvalue weighted by Gasteiger charge is 2.09. The zero-order chi connectivity index (χ0) is 14.1. The summed E-state index contributed by atoms with van der Waals surface area (Å²) in [5.74, 6) is -1.34. The quantitative estimate of drug-likeness (QED) is 0.717. The average molecular weight is 287 g/mol. The zero-order valence-corrected chi connectivity index (χ0v) is 11.5. The van der Waals surface area contributed by atoms with E-state index in [1.54, 1.807) is 0 Å². The van der Waals surface area contributed by atoms with E-state index in [1.807, 2.05) is 6.07 Å². The maximum atomic E-state index is 10.4. The first kappa shape index (κ1) is 12.9. The topological polar surface area (TPSA) is 94.6 Å². The average Bonchev–Trinajstić information content (AvgIpc) is 2.81. The normalized spacial score (nSPS) is 11.2. The van der Waals surface area contributed by atoms with Gasteiger partial charge in [-0.25, -0.2) is 4.98 Å². The molecule has 0 saturated heterocycles. The van der Waals surface area contributed by atoms with Gasteiger partial charge in [0.05, 0.1) is 5.97 Å². The molecule has 1 aromatic carbocycles. The van der Waals surface area contributed by atoms with Crippen LogP contribution < -0.4 is 5.11 Å². The Kier molecular flexibility index (Phi) is 3.27. The molecule has 6 nitrogen and oxygen atoms in total. The number of hydrogen-bond acceptors (Lipinski definition) is 6. The van der Waals surface area contributed by atoms with Crippen molar-refractivity contribution in [2.75, 3.05) is 5.75 Å². The lowest BCUT2D eigenvalue weighted by Crippen LogP contribution is -2.24. The van der Waals surface area contributed by atoms with Gasteiger partial charge in [0, 0.05) is 16.7 Å². The summed E-state index contributed by atoms with van der Waals surface area (Å²) in [4.78, 5) is 17.9. The van der Waals surface area contributed by atoms with Crippen LogP contribution in [0.25, 0.3) is 22.1 Å². The second kappa shape index (κ2) is 5.09. The molecule has 0 saturated carbocycles. The Morgan fingerprint density at radius 3 is 3.00 bits per heavy atom. The maximum Gasteiger partial charge on any atom is 0.211 e. The van der Waals surface area contributed by atoms with Crippen molar-refractivity contribution in [3.05, 3.63) is 23.8 Å². The van der Waals surface area contributed by atoms with E-state index in [1.165, 1.54) is 5.56 Å². The molecule has 3 rings (SSSR count). The van der Waals surface area contributed by atoms with Crippen LogP contribution in [0.3, 0.4) is 0 Å². The summed E-state index contributed by atoms with van der Waals surface area (Å²) in [6.45, 7) is 2.09. The van der Waals surface area contributed by atoms with E-state index >= 15 is 0 Å². The third-order valence-electron chi connectivity index (χ3n) is 2.99. The molecular weight excluding hydrogens is 276 g/mol. The Balaban J connectivity index is 2.06. The van der Waals surface area contributed by atoms with Gasteiger partial charge in [-0.1, -0.05) is 24.8 Å². The highest BCUT2D eigenvalue weighted by Crippen LogP contribution is 2.24. The van der Waals surface area contributed by atoms with E-state index in [4.69, 9.17) is 0 Å². The largest absolute Gasteiger partial charge is 0.549 e. The van der Waals surface area contributed by atoms with Gasteiger partial charge in [-0.2, -0.15) is 0 Å². The number of rotatable bonds is 4. The van der Waals surface area contributed by atoms with E-state index in [0.717, 1.165) is 29.1 Å². The zero-order valence-electron chi connectivity index (χ0n) is 10.7. The number of aliphatic carboxylic acids is 1. The molecule has 0 amide bonds. The van der Waals surface area contributed by atoms with E-state index in [-0.39, 0.29) is 5.75 Å². The molecule has 0 spiro atoms. The summed E-state index contributed by atoms with van der Waals surface area (Å²) in [5, 5.41) is 19.8.